The molecule has 5 nitrogen and oxygen atoms in total. The Labute approximate surface area is 139 Å². The number of carbonyl (C=O) groups excluding carboxylic acids is 1. The van der Waals surface area contributed by atoms with E-state index in [9.17, 15) is 4.79 Å². The van der Waals surface area contributed by atoms with Crippen LogP contribution in [-0.4, -0.2) is 56.7 Å². The van der Waals surface area contributed by atoms with Crippen molar-refractivity contribution in [3.8, 4) is 5.75 Å². The van der Waals surface area contributed by atoms with Gasteiger partial charge in [0.15, 0.2) is 0 Å². The Kier molecular flexibility index (Phi) is 6.97. The van der Waals surface area contributed by atoms with Crippen LogP contribution in [0.1, 0.15) is 24.8 Å². The smallest absolute Gasteiger partial charge is 0.410 e. The third-order valence-electron chi connectivity index (χ3n) is 3.92. The van der Waals surface area contributed by atoms with E-state index in [0.717, 1.165) is 30.8 Å². The SMILES string of the molecule is CCN(C)C(=O)Oc1cccc2c1C(CCN(C)C)CN2.Cl. The Bertz CT molecular complexity index is 508. The third kappa shape index (κ3) is 4.27. The maximum absolute atomic E-state index is 12.0. The molecule has 0 aromatic heterocycles. The topological polar surface area (TPSA) is 44.8 Å². The van der Waals surface area contributed by atoms with Gasteiger partial charge in [0, 0.05) is 37.3 Å². The number of fused-ring (bicyclic) bond motifs is 1. The van der Waals surface area contributed by atoms with Gasteiger partial charge in [-0.25, -0.2) is 4.79 Å². The molecule has 6 heteroatoms. The summed E-state index contributed by atoms with van der Waals surface area (Å²) in [7, 11) is 5.89. The number of benzene rings is 1. The van der Waals surface area contributed by atoms with Crippen molar-refractivity contribution in [2.24, 2.45) is 0 Å². The second-order valence-corrected chi connectivity index (χ2v) is 5.77. The number of carbonyl (C=O) groups is 1. The summed E-state index contributed by atoms with van der Waals surface area (Å²) in [5, 5.41) is 3.41. The number of rotatable bonds is 5. The van der Waals surface area contributed by atoms with Crippen LogP contribution in [-0.2, 0) is 0 Å². The van der Waals surface area contributed by atoms with Gasteiger partial charge in [-0.05, 0) is 46.1 Å². The van der Waals surface area contributed by atoms with Gasteiger partial charge in [-0.15, -0.1) is 12.4 Å². The van der Waals surface area contributed by atoms with Gasteiger partial charge in [0.25, 0.3) is 0 Å². The molecule has 0 radical (unpaired) electrons. The Balaban J connectivity index is 0.00000242. The first-order valence-corrected chi connectivity index (χ1v) is 7.47. The zero-order valence-corrected chi connectivity index (χ0v) is 14.6. The number of nitrogens with one attached hydrogen (secondary N) is 1. The van der Waals surface area contributed by atoms with Crippen LogP contribution < -0.4 is 10.1 Å². The van der Waals surface area contributed by atoms with Gasteiger partial charge in [-0.2, -0.15) is 0 Å². The number of nitrogens with zero attached hydrogens (tertiary/aromatic N) is 2. The van der Waals surface area contributed by atoms with E-state index in [2.05, 4.69) is 24.3 Å². The van der Waals surface area contributed by atoms with E-state index in [0.29, 0.717) is 18.2 Å². The maximum Gasteiger partial charge on any atom is 0.414 e. The molecule has 1 aromatic rings. The molecule has 1 heterocycles. The lowest BCUT2D eigenvalue weighted by Crippen LogP contribution is -2.29. The fourth-order valence-corrected chi connectivity index (χ4v) is 2.51. The van der Waals surface area contributed by atoms with Crippen molar-refractivity contribution in [3.63, 3.8) is 0 Å². The van der Waals surface area contributed by atoms with Crippen LogP contribution in [0.4, 0.5) is 10.5 Å². The van der Waals surface area contributed by atoms with Crippen LogP contribution in [0.2, 0.25) is 0 Å². The molecule has 0 aliphatic carbocycles. The average molecular weight is 328 g/mol. The van der Waals surface area contributed by atoms with E-state index < -0.39 is 0 Å². The van der Waals surface area contributed by atoms with Crippen molar-refractivity contribution in [2.75, 3.05) is 46.1 Å². The molecular weight excluding hydrogens is 302 g/mol. The Hall–Kier alpha value is -1.46. The fourth-order valence-electron chi connectivity index (χ4n) is 2.51. The highest BCUT2D eigenvalue weighted by atomic mass is 35.5. The molecule has 2 rings (SSSR count). The minimum Gasteiger partial charge on any atom is -0.410 e. The highest BCUT2D eigenvalue weighted by Gasteiger charge is 2.27. The van der Waals surface area contributed by atoms with E-state index in [1.165, 1.54) is 0 Å². The standard InChI is InChI=1S/C16H25N3O2.ClH/c1-5-19(4)16(20)21-14-8-6-7-13-15(14)12(11-17-13)9-10-18(2)3;/h6-8,12,17H,5,9-11H2,1-4H3;1H. The summed E-state index contributed by atoms with van der Waals surface area (Å²) in [5.41, 5.74) is 2.22. The molecule has 0 saturated carbocycles. The predicted octanol–water partition coefficient (Wildman–Crippen LogP) is 3.02. The van der Waals surface area contributed by atoms with Crippen LogP contribution in [0.15, 0.2) is 18.2 Å². The number of anilines is 1. The van der Waals surface area contributed by atoms with Crippen LogP contribution in [0, 0.1) is 0 Å². The summed E-state index contributed by atoms with van der Waals surface area (Å²) in [6.45, 7) is 4.48. The van der Waals surface area contributed by atoms with E-state index >= 15 is 0 Å². The lowest BCUT2D eigenvalue weighted by atomic mass is 9.97. The molecule has 22 heavy (non-hydrogen) atoms. The maximum atomic E-state index is 12.0. The number of ether oxygens (including phenoxy) is 1. The molecule has 1 atom stereocenters. The molecule has 1 unspecified atom stereocenters. The Morgan fingerprint density at radius 1 is 1.36 bits per heavy atom. The first-order valence-electron chi connectivity index (χ1n) is 7.47. The average Bonchev–Trinajstić information content (AvgIpc) is 2.88. The lowest BCUT2D eigenvalue weighted by Gasteiger charge is -2.19. The number of hydrogen-bond acceptors (Lipinski definition) is 4. The molecule has 124 valence electrons. The second-order valence-electron chi connectivity index (χ2n) is 5.77. The van der Waals surface area contributed by atoms with Crippen molar-refractivity contribution in [1.82, 2.24) is 9.80 Å². The van der Waals surface area contributed by atoms with E-state index in [4.69, 9.17) is 4.74 Å². The highest BCUT2D eigenvalue weighted by molar-refractivity contribution is 5.85. The zero-order valence-electron chi connectivity index (χ0n) is 13.8. The lowest BCUT2D eigenvalue weighted by molar-refractivity contribution is 0.164. The molecular formula is C16H26ClN3O2. The summed E-state index contributed by atoms with van der Waals surface area (Å²) < 4.78 is 5.58. The monoisotopic (exact) mass is 327 g/mol. The summed E-state index contributed by atoms with van der Waals surface area (Å²) in [5.74, 6) is 1.07. The first-order chi connectivity index (χ1) is 10.0. The zero-order chi connectivity index (χ0) is 15.4. The minimum absolute atomic E-state index is 0. The molecule has 1 amide bonds. The summed E-state index contributed by atoms with van der Waals surface area (Å²) in [6.07, 6.45) is 0.745. The van der Waals surface area contributed by atoms with Crippen LogP contribution in [0.5, 0.6) is 5.75 Å². The molecule has 0 fully saturated rings. The number of halogens is 1. The molecule has 1 aromatic carbocycles. The second kappa shape index (κ2) is 8.25. The third-order valence-corrected chi connectivity index (χ3v) is 3.92. The van der Waals surface area contributed by atoms with Crippen LogP contribution in [0.25, 0.3) is 0 Å². The minimum atomic E-state index is -0.302. The molecule has 1 aliphatic heterocycles. The molecule has 1 aliphatic rings. The number of amides is 1. The van der Waals surface area contributed by atoms with E-state index in [-0.39, 0.29) is 18.5 Å². The van der Waals surface area contributed by atoms with Gasteiger partial charge in [0.1, 0.15) is 5.75 Å². The highest BCUT2D eigenvalue weighted by Crippen LogP contribution is 2.40. The van der Waals surface area contributed by atoms with Crippen molar-refractivity contribution in [2.45, 2.75) is 19.3 Å². The number of hydrogen-bond donors (Lipinski definition) is 1. The van der Waals surface area contributed by atoms with Gasteiger partial charge in [-0.3, -0.25) is 0 Å². The Morgan fingerprint density at radius 3 is 2.73 bits per heavy atom. The first kappa shape index (κ1) is 18.6. The fraction of sp³-hybridized carbons (Fsp3) is 0.562. The van der Waals surface area contributed by atoms with Gasteiger partial charge in [0.05, 0.1) is 0 Å². The molecule has 0 spiro atoms. The van der Waals surface area contributed by atoms with Gasteiger partial charge in [-0.1, -0.05) is 6.07 Å². The Morgan fingerprint density at radius 2 is 2.09 bits per heavy atom. The molecule has 1 N–H and O–H groups in total. The molecule has 0 bridgehead atoms. The van der Waals surface area contributed by atoms with Crippen LogP contribution >= 0.6 is 12.4 Å². The summed E-state index contributed by atoms with van der Waals surface area (Å²) in [6, 6.07) is 5.86. The predicted molar refractivity (Wildman–Crippen MR) is 92.4 cm³/mol. The van der Waals surface area contributed by atoms with E-state index in [1.54, 1.807) is 11.9 Å². The van der Waals surface area contributed by atoms with Gasteiger partial charge < -0.3 is 19.9 Å². The summed E-state index contributed by atoms with van der Waals surface area (Å²) in [4.78, 5) is 15.7. The quantitative estimate of drug-likeness (QED) is 0.903. The van der Waals surface area contributed by atoms with Crippen LogP contribution in [0.3, 0.4) is 0 Å². The van der Waals surface area contributed by atoms with Crippen molar-refractivity contribution < 1.29 is 9.53 Å². The summed E-state index contributed by atoms with van der Waals surface area (Å²) >= 11 is 0. The normalized spacial score (nSPS) is 15.8. The van der Waals surface area contributed by atoms with Gasteiger partial charge in [0.2, 0.25) is 0 Å². The van der Waals surface area contributed by atoms with Crippen molar-refractivity contribution in [3.05, 3.63) is 23.8 Å². The van der Waals surface area contributed by atoms with E-state index in [1.807, 2.05) is 25.1 Å². The van der Waals surface area contributed by atoms with Crippen molar-refractivity contribution in [1.29, 1.82) is 0 Å². The largest absolute Gasteiger partial charge is 0.414 e. The van der Waals surface area contributed by atoms with Gasteiger partial charge >= 0.3 is 6.09 Å². The molecule has 0 saturated heterocycles. The van der Waals surface area contributed by atoms with Crippen molar-refractivity contribution >= 4 is 24.2 Å².